The minimum atomic E-state index is -0.368. The van der Waals surface area contributed by atoms with E-state index in [2.05, 4.69) is 26.5 Å². The standard InChI is InChI=1S/C15H14BrClN2O3/c1-9-5-12(6-10(2)15(9)17)21-8-14(20)19-18-7-11-3-4-13(16)22-11/h3-7H,8H2,1-2H3,(H,19,20)/b18-7+. The zero-order chi connectivity index (χ0) is 16.1. The van der Waals surface area contributed by atoms with Gasteiger partial charge in [-0.25, -0.2) is 5.43 Å². The first-order valence-corrected chi connectivity index (χ1v) is 7.59. The van der Waals surface area contributed by atoms with Gasteiger partial charge in [-0.3, -0.25) is 4.79 Å². The fraction of sp³-hybridized carbons (Fsp3) is 0.200. The highest BCUT2D eigenvalue weighted by atomic mass is 79.9. The summed E-state index contributed by atoms with van der Waals surface area (Å²) in [6.45, 7) is 3.63. The second kappa shape index (κ2) is 7.47. The summed E-state index contributed by atoms with van der Waals surface area (Å²) < 4.78 is 11.2. The quantitative estimate of drug-likeness (QED) is 0.628. The summed E-state index contributed by atoms with van der Waals surface area (Å²) in [6.07, 6.45) is 1.40. The van der Waals surface area contributed by atoms with Gasteiger partial charge in [0.05, 0.1) is 6.21 Å². The molecule has 0 bridgehead atoms. The van der Waals surface area contributed by atoms with Crippen LogP contribution in [0, 0.1) is 13.8 Å². The smallest absolute Gasteiger partial charge is 0.277 e. The molecule has 1 N–H and O–H groups in total. The van der Waals surface area contributed by atoms with Gasteiger partial charge in [0.1, 0.15) is 11.5 Å². The number of nitrogens with one attached hydrogen (secondary N) is 1. The van der Waals surface area contributed by atoms with Gasteiger partial charge < -0.3 is 9.15 Å². The SMILES string of the molecule is Cc1cc(OCC(=O)N/N=C/c2ccc(Br)o2)cc(C)c1Cl. The van der Waals surface area contributed by atoms with Crippen LogP contribution in [-0.2, 0) is 4.79 Å². The maximum atomic E-state index is 11.6. The fourth-order valence-electron chi connectivity index (χ4n) is 1.74. The zero-order valence-corrected chi connectivity index (χ0v) is 14.4. The van der Waals surface area contributed by atoms with Gasteiger partial charge in [-0.05, 0) is 65.2 Å². The van der Waals surface area contributed by atoms with Gasteiger partial charge in [-0.1, -0.05) is 11.6 Å². The number of nitrogens with zero attached hydrogens (tertiary/aromatic N) is 1. The Kier molecular flexibility index (Phi) is 5.63. The highest BCUT2D eigenvalue weighted by molar-refractivity contribution is 9.10. The number of benzene rings is 1. The molecule has 1 heterocycles. The highest BCUT2D eigenvalue weighted by Crippen LogP contribution is 2.25. The molecule has 1 aromatic heterocycles. The minimum Gasteiger partial charge on any atom is -0.484 e. The summed E-state index contributed by atoms with van der Waals surface area (Å²) in [6, 6.07) is 7.02. The summed E-state index contributed by atoms with van der Waals surface area (Å²) in [4.78, 5) is 11.6. The molecule has 0 aliphatic carbocycles. The third-order valence-electron chi connectivity index (χ3n) is 2.75. The van der Waals surface area contributed by atoms with Gasteiger partial charge in [0.15, 0.2) is 11.3 Å². The van der Waals surface area contributed by atoms with E-state index in [-0.39, 0.29) is 12.5 Å². The Labute approximate surface area is 141 Å². The molecule has 0 fully saturated rings. The van der Waals surface area contributed by atoms with E-state index in [4.69, 9.17) is 20.8 Å². The van der Waals surface area contributed by atoms with Crippen LogP contribution in [0.4, 0.5) is 0 Å². The van der Waals surface area contributed by atoms with E-state index in [1.807, 2.05) is 13.8 Å². The second-order valence-electron chi connectivity index (χ2n) is 4.59. The van der Waals surface area contributed by atoms with Crippen molar-refractivity contribution in [2.24, 2.45) is 5.10 Å². The molecule has 2 aromatic rings. The van der Waals surface area contributed by atoms with Crippen molar-refractivity contribution in [2.45, 2.75) is 13.8 Å². The molecule has 22 heavy (non-hydrogen) atoms. The molecule has 0 atom stereocenters. The number of rotatable bonds is 5. The molecule has 0 saturated heterocycles. The molecule has 7 heteroatoms. The van der Waals surface area contributed by atoms with Gasteiger partial charge in [0, 0.05) is 5.02 Å². The van der Waals surface area contributed by atoms with E-state index >= 15 is 0 Å². The largest absolute Gasteiger partial charge is 0.484 e. The van der Waals surface area contributed by atoms with Crippen LogP contribution in [0.2, 0.25) is 5.02 Å². The Morgan fingerprint density at radius 3 is 2.68 bits per heavy atom. The van der Waals surface area contributed by atoms with E-state index in [1.165, 1.54) is 6.21 Å². The van der Waals surface area contributed by atoms with Crippen molar-refractivity contribution in [3.05, 3.63) is 50.8 Å². The lowest BCUT2D eigenvalue weighted by Crippen LogP contribution is -2.24. The number of carbonyl (C=O) groups is 1. The molecular formula is C15H14BrClN2O3. The molecule has 1 amide bonds. The first kappa shape index (κ1) is 16.6. The van der Waals surface area contributed by atoms with E-state index in [0.717, 1.165) is 11.1 Å². The number of carbonyl (C=O) groups excluding carboxylic acids is 1. The van der Waals surface area contributed by atoms with Crippen LogP contribution in [0.25, 0.3) is 0 Å². The Balaban J connectivity index is 1.84. The number of aryl methyl sites for hydroxylation is 2. The van der Waals surface area contributed by atoms with Crippen molar-refractivity contribution in [1.29, 1.82) is 0 Å². The van der Waals surface area contributed by atoms with Crippen LogP contribution in [0.3, 0.4) is 0 Å². The molecule has 0 spiro atoms. The molecule has 2 rings (SSSR count). The van der Waals surface area contributed by atoms with Crippen LogP contribution in [-0.4, -0.2) is 18.7 Å². The Morgan fingerprint density at radius 2 is 2.09 bits per heavy atom. The predicted molar refractivity (Wildman–Crippen MR) is 88.6 cm³/mol. The van der Waals surface area contributed by atoms with Crippen molar-refractivity contribution in [2.75, 3.05) is 6.61 Å². The first-order chi connectivity index (χ1) is 10.5. The van der Waals surface area contributed by atoms with E-state index in [0.29, 0.717) is 21.2 Å². The van der Waals surface area contributed by atoms with Crippen LogP contribution in [0.5, 0.6) is 5.75 Å². The van der Waals surface area contributed by atoms with Gasteiger partial charge in [-0.15, -0.1) is 0 Å². The lowest BCUT2D eigenvalue weighted by atomic mass is 10.1. The molecule has 0 unspecified atom stereocenters. The third-order valence-corrected chi connectivity index (χ3v) is 3.78. The van der Waals surface area contributed by atoms with Crippen LogP contribution in [0.15, 0.2) is 38.5 Å². The van der Waals surface area contributed by atoms with E-state index in [9.17, 15) is 4.79 Å². The van der Waals surface area contributed by atoms with E-state index in [1.54, 1.807) is 24.3 Å². The molecule has 0 aliphatic heterocycles. The maximum absolute atomic E-state index is 11.6. The molecule has 5 nitrogen and oxygen atoms in total. The highest BCUT2D eigenvalue weighted by Gasteiger charge is 2.06. The van der Waals surface area contributed by atoms with Crippen LogP contribution >= 0.6 is 27.5 Å². The normalized spacial score (nSPS) is 10.9. The molecule has 0 radical (unpaired) electrons. The van der Waals surface area contributed by atoms with Crippen molar-refractivity contribution >= 4 is 39.7 Å². The number of hydrogen-bond acceptors (Lipinski definition) is 4. The summed E-state index contributed by atoms with van der Waals surface area (Å²) in [7, 11) is 0. The number of hydrazone groups is 1. The van der Waals surface area contributed by atoms with Crippen LogP contribution in [0.1, 0.15) is 16.9 Å². The number of hydrogen-bond donors (Lipinski definition) is 1. The summed E-state index contributed by atoms with van der Waals surface area (Å²) in [5, 5.41) is 4.48. The van der Waals surface area contributed by atoms with Gasteiger partial charge in [-0.2, -0.15) is 5.10 Å². The maximum Gasteiger partial charge on any atom is 0.277 e. The molecule has 0 aliphatic rings. The molecule has 0 saturated carbocycles. The van der Waals surface area contributed by atoms with Gasteiger partial charge in [0.25, 0.3) is 5.91 Å². The van der Waals surface area contributed by atoms with Crippen molar-refractivity contribution in [3.8, 4) is 5.75 Å². The summed E-state index contributed by atoms with van der Waals surface area (Å²) in [5.74, 6) is 0.748. The van der Waals surface area contributed by atoms with Crippen LogP contribution < -0.4 is 10.2 Å². The fourth-order valence-corrected chi connectivity index (χ4v) is 2.16. The monoisotopic (exact) mass is 384 g/mol. The van der Waals surface area contributed by atoms with Gasteiger partial charge >= 0.3 is 0 Å². The Morgan fingerprint density at radius 1 is 1.41 bits per heavy atom. The minimum absolute atomic E-state index is 0.139. The van der Waals surface area contributed by atoms with E-state index < -0.39 is 0 Å². The molecule has 1 aromatic carbocycles. The van der Waals surface area contributed by atoms with Crippen molar-refractivity contribution in [3.63, 3.8) is 0 Å². The predicted octanol–water partition coefficient (Wildman–Crippen LogP) is 3.84. The van der Waals surface area contributed by atoms with Crippen molar-refractivity contribution < 1.29 is 13.9 Å². The Hall–Kier alpha value is -1.79. The Bertz CT molecular complexity index is 690. The first-order valence-electron chi connectivity index (χ1n) is 6.42. The topological polar surface area (TPSA) is 63.8 Å². The number of amides is 1. The lowest BCUT2D eigenvalue weighted by Gasteiger charge is -2.09. The van der Waals surface area contributed by atoms with Gasteiger partial charge in [0.2, 0.25) is 0 Å². The number of ether oxygens (including phenoxy) is 1. The second-order valence-corrected chi connectivity index (χ2v) is 5.75. The van der Waals surface area contributed by atoms with Crippen molar-refractivity contribution in [1.82, 2.24) is 5.43 Å². The lowest BCUT2D eigenvalue weighted by molar-refractivity contribution is -0.123. The molecular weight excluding hydrogens is 372 g/mol. The summed E-state index contributed by atoms with van der Waals surface area (Å²) >= 11 is 9.25. The number of furan rings is 1. The number of halogens is 2. The average molecular weight is 386 g/mol. The zero-order valence-electron chi connectivity index (χ0n) is 12.0. The third kappa shape index (κ3) is 4.61. The molecule has 116 valence electrons. The summed E-state index contributed by atoms with van der Waals surface area (Å²) in [5.41, 5.74) is 4.16. The average Bonchev–Trinajstić information content (AvgIpc) is 2.88.